The van der Waals surface area contributed by atoms with Gasteiger partial charge in [0, 0.05) is 49.2 Å². The van der Waals surface area contributed by atoms with Crippen LogP contribution in [0.5, 0.6) is 0 Å². The maximum absolute atomic E-state index is 8.42. The third-order valence-corrected chi connectivity index (χ3v) is 6.21. The molecule has 0 saturated heterocycles. The van der Waals surface area contributed by atoms with E-state index in [0.29, 0.717) is 10.9 Å². The van der Waals surface area contributed by atoms with Gasteiger partial charge >= 0.3 is 0 Å². The third-order valence-electron chi connectivity index (χ3n) is 5.77. The van der Waals surface area contributed by atoms with Crippen LogP contribution in [0.25, 0.3) is 0 Å². The Kier molecular flexibility index (Phi) is 12.6. The lowest BCUT2D eigenvalue weighted by Crippen LogP contribution is -2.31. The minimum absolute atomic E-state index is 0.609. The number of nitrogens with zero attached hydrogens (tertiary/aromatic N) is 2. The molecule has 36 heavy (non-hydrogen) atoms. The first-order valence-electron chi connectivity index (χ1n) is 12.6. The van der Waals surface area contributed by atoms with Crippen molar-refractivity contribution >= 4 is 40.5 Å². The fourth-order valence-electron chi connectivity index (χ4n) is 3.91. The highest BCUT2D eigenvalue weighted by Gasteiger charge is 2.10. The van der Waals surface area contributed by atoms with E-state index in [1.54, 1.807) is 12.3 Å². The van der Waals surface area contributed by atoms with Crippen LogP contribution >= 0.6 is 23.2 Å². The maximum atomic E-state index is 8.42. The molecule has 0 aliphatic heterocycles. The molecule has 0 radical (unpaired) electrons. The summed E-state index contributed by atoms with van der Waals surface area (Å²) in [6, 6.07) is 16.0. The number of nitrogens with one attached hydrogen (secondary N) is 3. The predicted octanol–water partition coefficient (Wildman–Crippen LogP) is 8.05. The average Bonchev–Trinajstić information content (AvgIpc) is 2.87. The van der Waals surface area contributed by atoms with Crippen LogP contribution in [0, 0.1) is 12.3 Å². The Morgan fingerprint density at radius 1 is 0.972 bits per heavy atom. The minimum atomic E-state index is 0.609. The van der Waals surface area contributed by atoms with Crippen molar-refractivity contribution in [3.05, 3.63) is 87.0 Å². The fraction of sp³-hybridized carbons (Fsp3) is 0.379. The van der Waals surface area contributed by atoms with Crippen LogP contribution in [-0.2, 0) is 13.0 Å². The molecule has 1 heterocycles. The van der Waals surface area contributed by atoms with E-state index in [0.717, 1.165) is 55.3 Å². The predicted molar refractivity (Wildman–Crippen MR) is 157 cm³/mol. The van der Waals surface area contributed by atoms with Gasteiger partial charge in [0.05, 0.1) is 5.02 Å². The molecule has 5 nitrogen and oxygen atoms in total. The molecular weight excluding hydrogens is 489 g/mol. The van der Waals surface area contributed by atoms with Gasteiger partial charge in [-0.3, -0.25) is 5.41 Å². The number of pyridine rings is 1. The van der Waals surface area contributed by atoms with Gasteiger partial charge in [0.25, 0.3) is 0 Å². The molecule has 3 rings (SSSR count). The Hall–Kier alpha value is -2.76. The molecule has 194 valence electrons. The number of hydrogen-bond acceptors (Lipinski definition) is 4. The lowest BCUT2D eigenvalue weighted by atomic mass is 10.0. The molecule has 2 aromatic carbocycles. The second kappa shape index (κ2) is 15.4. The number of hydrogen-bond donors (Lipinski definition) is 3. The Bertz CT molecular complexity index is 1080. The molecule has 1 aromatic heterocycles. The molecule has 0 fully saturated rings. The number of anilines is 2. The molecule has 3 aromatic rings. The number of aromatic nitrogens is 1. The number of aryl methyl sites for hydroxylation is 2. The fourth-order valence-corrected chi connectivity index (χ4v) is 4.31. The van der Waals surface area contributed by atoms with Gasteiger partial charge in [-0.25, -0.2) is 4.98 Å². The van der Waals surface area contributed by atoms with Crippen molar-refractivity contribution in [3.8, 4) is 0 Å². The smallest absolute Gasteiger partial charge is 0.128 e. The van der Waals surface area contributed by atoms with Crippen molar-refractivity contribution in [2.75, 3.05) is 30.8 Å². The summed E-state index contributed by atoms with van der Waals surface area (Å²) in [4.78, 5) is 6.07. The standard InChI is InChI=1S/C23H32ClN3.C6H7ClN2/c1-5-8-20-15-21(24)14-17(4)22(20)26-16-18-9-11-19(12-10-18)23(25)27(7-3)13-6-2;1-8-6-3-2-5(7)4-9-6/h9-12,14-15,25-26H,5-8,13,16H2,1-4H3;2-4H,1H3,(H,8,9). The monoisotopic (exact) mass is 527 g/mol. The van der Waals surface area contributed by atoms with Crippen LogP contribution in [0.15, 0.2) is 54.7 Å². The van der Waals surface area contributed by atoms with E-state index in [4.69, 9.17) is 28.6 Å². The highest BCUT2D eigenvalue weighted by atomic mass is 35.5. The average molecular weight is 529 g/mol. The first-order chi connectivity index (χ1) is 17.3. The third kappa shape index (κ3) is 9.03. The second-order valence-electron chi connectivity index (χ2n) is 8.60. The molecule has 0 spiro atoms. The highest BCUT2D eigenvalue weighted by molar-refractivity contribution is 6.31. The zero-order valence-corrected chi connectivity index (χ0v) is 23.6. The lowest BCUT2D eigenvalue weighted by molar-refractivity contribution is 0.438. The summed E-state index contributed by atoms with van der Waals surface area (Å²) in [5, 5.41) is 16.4. The van der Waals surface area contributed by atoms with Gasteiger partial charge in [-0.05, 0) is 67.6 Å². The van der Waals surface area contributed by atoms with Gasteiger partial charge in [0.2, 0.25) is 0 Å². The SMILES string of the molecule is CCCc1cc(Cl)cc(C)c1NCc1ccc(C(=N)N(CC)CCC)cc1.CNc1ccc(Cl)cn1. The van der Waals surface area contributed by atoms with Crippen molar-refractivity contribution in [1.82, 2.24) is 9.88 Å². The Morgan fingerprint density at radius 2 is 1.69 bits per heavy atom. The number of amidine groups is 1. The summed E-state index contributed by atoms with van der Waals surface area (Å²) in [6.45, 7) is 11.1. The van der Waals surface area contributed by atoms with Crippen molar-refractivity contribution in [3.63, 3.8) is 0 Å². The number of rotatable bonds is 10. The normalized spacial score (nSPS) is 10.3. The quantitative estimate of drug-likeness (QED) is 0.184. The molecule has 0 atom stereocenters. The largest absolute Gasteiger partial charge is 0.381 e. The number of benzene rings is 2. The zero-order valence-electron chi connectivity index (χ0n) is 22.1. The summed E-state index contributed by atoms with van der Waals surface area (Å²) in [5.41, 5.74) is 5.84. The molecule has 0 bridgehead atoms. The van der Waals surface area contributed by atoms with Gasteiger partial charge in [0.1, 0.15) is 11.7 Å². The van der Waals surface area contributed by atoms with Crippen LogP contribution in [0.1, 0.15) is 55.9 Å². The van der Waals surface area contributed by atoms with E-state index < -0.39 is 0 Å². The molecule has 7 heteroatoms. The van der Waals surface area contributed by atoms with E-state index in [1.165, 1.54) is 22.4 Å². The van der Waals surface area contributed by atoms with Gasteiger partial charge in [-0.2, -0.15) is 0 Å². The van der Waals surface area contributed by atoms with Crippen LogP contribution in [0.3, 0.4) is 0 Å². The highest BCUT2D eigenvalue weighted by Crippen LogP contribution is 2.27. The van der Waals surface area contributed by atoms with Gasteiger partial charge in [-0.15, -0.1) is 0 Å². The van der Waals surface area contributed by atoms with Crippen LogP contribution in [0.2, 0.25) is 10.0 Å². The minimum Gasteiger partial charge on any atom is -0.381 e. The van der Waals surface area contributed by atoms with Gasteiger partial charge < -0.3 is 15.5 Å². The summed E-state index contributed by atoms with van der Waals surface area (Å²) >= 11 is 11.8. The molecule has 0 saturated carbocycles. The van der Waals surface area contributed by atoms with E-state index in [2.05, 4.69) is 78.5 Å². The van der Waals surface area contributed by atoms with Gasteiger partial charge in [-0.1, -0.05) is 67.7 Å². The van der Waals surface area contributed by atoms with Crippen LogP contribution in [-0.4, -0.2) is 35.9 Å². The summed E-state index contributed by atoms with van der Waals surface area (Å²) in [7, 11) is 1.82. The van der Waals surface area contributed by atoms with E-state index in [-0.39, 0.29) is 0 Å². The zero-order chi connectivity index (χ0) is 26.5. The molecule has 0 amide bonds. The van der Waals surface area contributed by atoms with E-state index in [1.807, 2.05) is 19.2 Å². The van der Waals surface area contributed by atoms with Gasteiger partial charge in [0.15, 0.2) is 0 Å². The number of halogens is 2. The first kappa shape index (κ1) is 29.5. The Labute approximate surface area is 226 Å². The summed E-state index contributed by atoms with van der Waals surface area (Å²) in [6.07, 6.45) is 4.77. The summed E-state index contributed by atoms with van der Waals surface area (Å²) < 4.78 is 0. The molecule has 0 aliphatic rings. The van der Waals surface area contributed by atoms with Crippen molar-refractivity contribution in [1.29, 1.82) is 5.41 Å². The molecule has 0 unspecified atom stereocenters. The first-order valence-corrected chi connectivity index (χ1v) is 13.3. The van der Waals surface area contributed by atoms with Crippen LogP contribution < -0.4 is 10.6 Å². The molecule has 3 N–H and O–H groups in total. The second-order valence-corrected chi connectivity index (χ2v) is 9.47. The van der Waals surface area contributed by atoms with Crippen molar-refractivity contribution in [2.24, 2.45) is 0 Å². The van der Waals surface area contributed by atoms with E-state index in [9.17, 15) is 0 Å². The Balaban J connectivity index is 0.000000425. The maximum Gasteiger partial charge on any atom is 0.128 e. The lowest BCUT2D eigenvalue weighted by Gasteiger charge is -2.23. The van der Waals surface area contributed by atoms with Crippen molar-refractivity contribution in [2.45, 2.75) is 53.5 Å². The van der Waals surface area contributed by atoms with E-state index >= 15 is 0 Å². The van der Waals surface area contributed by atoms with Crippen molar-refractivity contribution < 1.29 is 0 Å². The Morgan fingerprint density at radius 3 is 2.25 bits per heavy atom. The topological polar surface area (TPSA) is 64.0 Å². The molecule has 0 aliphatic carbocycles. The molecular formula is C29H39Cl2N5. The summed E-state index contributed by atoms with van der Waals surface area (Å²) in [5.74, 6) is 1.44. The van der Waals surface area contributed by atoms with Crippen LogP contribution in [0.4, 0.5) is 11.5 Å².